The summed E-state index contributed by atoms with van der Waals surface area (Å²) in [6.07, 6.45) is 10.7. The van der Waals surface area contributed by atoms with E-state index in [4.69, 9.17) is 5.11 Å². The highest BCUT2D eigenvalue weighted by Crippen LogP contribution is 2.27. The molecule has 1 aromatic carbocycles. The number of allylic oxidation sites excluding steroid dienone is 6. The van der Waals surface area contributed by atoms with Crippen LogP contribution in [0.3, 0.4) is 0 Å². The van der Waals surface area contributed by atoms with E-state index in [-0.39, 0.29) is 0 Å². The fourth-order valence-corrected chi connectivity index (χ4v) is 2.20. The highest BCUT2D eigenvalue weighted by Gasteiger charge is 2.06. The summed E-state index contributed by atoms with van der Waals surface area (Å²) < 4.78 is 0. The molecular weight excluding hydrogens is 288 g/mol. The third kappa shape index (κ3) is 5.62. The summed E-state index contributed by atoms with van der Waals surface area (Å²) in [6.45, 7) is 9.61. The Labute approximate surface area is 138 Å². The molecule has 0 aliphatic carbocycles. The molecule has 2 N–H and O–H groups in total. The Balaban J connectivity index is 2.94. The van der Waals surface area contributed by atoms with Gasteiger partial charge in [0.25, 0.3) is 0 Å². The van der Waals surface area contributed by atoms with E-state index in [9.17, 15) is 9.90 Å². The van der Waals surface area contributed by atoms with Gasteiger partial charge in [0.1, 0.15) is 5.75 Å². The van der Waals surface area contributed by atoms with Crippen molar-refractivity contribution < 1.29 is 15.0 Å². The number of hydrogen-bond acceptors (Lipinski definition) is 2. The number of phenolic OH excluding ortho intramolecular Hbond substituents is 1. The molecule has 3 heteroatoms. The van der Waals surface area contributed by atoms with Crippen LogP contribution in [-0.2, 0) is 4.79 Å². The van der Waals surface area contributed by atoms with E-state index in [2.05, 4.69) is 0 Å². The van der Waals surface area contributed by atoms with E-state index in [0.29, 0.717) is 11.3 Å². The van der Waals surface area contributed by atoms with Crippen LogP contribution in [-0.4, -0.2) is 16.2 Å². The maximum atomic E-state index is 10.5. The molecule has 1 aromatic rings. The molecule has 0 fully saturated rings. The second-order valence-electron chi connectivity index (χ2n) is 5.71. The van der Waals surface area contributed by atoms with Crippen LogP contribution >= 0.6 is 0 Å². The second kappa shape index (κ2) is 8.18. The second-order valence-corrected chi connectivity index (χ2v) is 5.71. The summed E-state index contributed by atoms with van der Waals surface area (Å²) in [5.41, 5.74) is 5.85. The first kappa shape index (κ1) is 18.5. The van der Waals surface area contributed by atoms with Crippen molar-refractivity contribution in [2.75, 3.05) is 0 Å². The van der Waals surface area contributed by atoms with Gasteiger partial charge in [-0.15, -0.1) is 0 Å². The lowest BCUT2D eigenvalue weighted by atomic mass is 9.96. The lowest BCUT2D eigenvalue weighted by Gasteiger charge is -2.10. The fraction of sp³-hybridized carbons (Fsp3) is 0.250. The maximum absolute atomic E-state index is 10.5. The Bertz CT molecular complexity index is 717. The summed E-state index contributed by atoms with van der Waals surface area (Å²) in [5.74, 6) is -0.616. The molecule has 3 nitrogen and oxygen atoms in total. The van der Waals surface area contributed by atoms with Gasteiger partial charge in [-0.25, -0.2) is 4.79 Å². The average Bonchev–Trinajstić information content (AvgIpc) is 2.44. The van der Waals surface area contributed by atoms with Gasteiger partial charge in [-0.2, -0.15) is 0 Å². The third-order valence-corrected chi connectivity index (χ3v) is 3.71. The Morgan fingerprint density at radius 2 is 1.70 bits per heavy atom. The first-order valence-electron chi connectivity index (χ1n) is 7.46. The van der Waals surface area contributed by atoms with Gasteiger partial charge in [-0.3, -0.25) is 0 Å². The number of carbonyl (C=O) groups is 1. The van der Waals surface area contributed by atoms with Crippen molar-refractivity contribution in [3.05, 3.63) is 69.8 Å². The fourth-order valence-electron chi connectivity index (χ4n) is 2.20. The Hall–Kier alpha value is -2.55. The normalized spacial score (nSPS) is 13.3. The Morgan fingerprint density at radius 1 is 1.04 bits per heavy atom. The van der Waals surface area contributed by atoms with E-state index in [1.165, 1.54) is 6.08 Å². The highest BCUT2D eigenvalue weighted by atomic mass is 16.4. The maximum Gasteiger partial charge on any atom is 0.328 e. The zero-order chi connectivity index (χ0) is 17.6. The van der Waals surface area contributed by atoms with Crippen molar-refractivity contribution >= 4 is 12.0 Å². The van der Waals surface area contributed by atoms with Gasteiger partial charge >= 0.3 is 5.97 Å². The topological polar surface area (TPSA) is 57.5 Å². The van der Waals surface area contributed by atoms with E-state index >= 15 is 0 Å². The number of carboxylic acid groups (broad SMARTS) is 1. The van der Waals surface area contributed by atoms with E-state index in [1.807, 2.05) is 52.0 Å². The van der Waals surface area contributed by atoms with Crippen LogP contribution < -0.4 is 0 Å². The molecule has 0 aliphatic rings. The van der Waals surface area contributed by atoms with Crippen LogP contribution in [0.4, 0.5) is 0 Å². The van der Waals surface area contributed by atoms with Gasteiger partial charge in [-0.05, 0) is 68.5 Å². The molecule has 0 saturated carbocycles. The van der Waals surface area contributed by atoms with Crippen LogP contribution in [0.15, 0.2) is 47.6 Å². The highest BCUT2D eigenvalue weighted by molar-refractivity contribution is 5.81. The minimum absolute atomic E-state index is 0.327. The molecule has 1 rings (SSSR count). The van der Waals surface area contributed by atoms with Crippen molar-refractivity contribution in [1.82, 2.24) is 0 Å². The first-order chi connectivity index (χ1) is 10.7. The zero-order valence-electron chi connectivity index (χ0n) is 14.3. The lowest BCUT2D eigenvalue weighted by molar-refractivity contribution is -0.131. The number of aromatic hydroxyl groups is 1. The van der Waals surface area contributed by atoms with Gasteiger partial charge in [0.05, 0.1) is 0 Å². The van der Waals surface area contributed by atoms with E-state index in [1.54, 1.807) is 19.1 Å². The van der Waals surface area contributed by atoms with Crippen LogP contribution in [0.2, 0.25) is 0 Å². The standard InChI is InChI=1S/C20H24O3/c1-13(7-6-8-14(2)11-20(22)23)9-10-18-15(3)12-19(21)17(5)16(18)4/h6-12,21H,1-5H3,(H,22,23). The minimum Gasteiger partial charge on any atom is -0.508 e. The average molecular weight is 312 g/mol. The largest absolute Gasteiger partial charge is 0.508 e. The summed E-state index contributed by atoms with van der Waals surface area (Å²) in [7, 11) is 0. The van der Waals surface area contributed by atoms with E-state index < -0.39 is 5.97 Å². The van der Waals surface area contributed by atoms with Crippen molar-refractivity contribution in [2.24, 2.45) is 0 Å². The number of benzene rings is 1. The quantitative estimate of drug-likeness (QED) is 0.602. The van der Waals surface area contributed by atoms with Crippen LogP contribution in [0.25, 0.3) is 6.08 Å². The van der Waals surface area contributed by atoms with Crippen molar-refractivity contribution in [2.45, 2.75) is 34.6 Å². The number of rotatable bonds is 5. The molecule has 0 amide bonds. The Morgan fingerprint density at radius 3 is 2.30 bits per heavy atom. The van der Waals surface area contributed by atoms with Crippen LogP contribution in [0.1, 0.15) is 36.1 Å². The predicted molar refractivity (Wildman–Crippen MR) is 95.6 cm³/mol. The van der Waals surface area contributed by atoms with E-state index in [0.717, 1.165) is 27.8 Å². The number of phenols is 1. The van der Waals surface area contributed by atoms with Crippen LogP contribution in [0, 0.1) is 20.8 Å². The number of carboxylic acids is 1. The predicted octanol–water partition coefficient (Wildman–Crippen LogP) is 4.86. The zero-order valence-corrected chi connectivity index (χ0v) is 14.3. The SMILES string of the molecule is CC(C=Cc1c(C)cc(O)c(C)c1C)=CC=CC(C)=CC(=O)O. The molecule has 0 bridgehead atoms. The van der Waals surface area contributed by atoms with Crippen molar-refractivity contribution in [1.29, 1.82) is 0 Å². The van der Waals surface area contributed by atoms with Gasteiger partial charge in [0.2, 0.25) is 0 Å². The molecule has 0 spiro atoms. The molecule has 23 heavy (non-hydrogen) atoms. The monoisotopic (exact) mass is 312 g/mol. The summed E-state index contributed by atoms with van der Waals surface area (Å²) in [5, 5.41) is 18.5. The summed E-state index contributed by atoms with van der Waals surface area (Å²) in [6, 6.07) is 1.78. The van der Waals surface area contributed by atoms with Crippen molar-refractivity contribution in [3.8, 4) is 5.75 Å². The smallest absolute Gasteiger partial charge is 0.328 e. The molecule has 0 unspecified atom stereocenters. The van der Waals surface area contributed by atoms with Gasteiger partial charge in [0, 0.05) is 6.08 Å². The molecule has 0 aliphatic heterocycles. The number of aryl methyl sites for hydroxylation is 1. The minimum atomic E-state index is -0.943. The van der Waals surface area contributed by atoms with Crippen molar-refractivity contribution in [3.63, 3.8) is 0 Å². The molecule has 0 heterocycles. The molecule has 0 aromatic heterocycles. The number of aliphatic carboxylic acids is 1. The third-order valence-electron chi connectivity index (χ3n) is 3.71. The van der Waals surface area contributed by atoms with Gasteiger partial charge in [0.15, 0.2) is 0 Å². The van der Waals surface area contributed by atoms with Gasteiger partial charge < -0.3 is 10.2 Å². The first-order valence-corrected chi connectivity index (χ1v) is 7.46. The molecule has 0 saturated heterocycles. The van der Waals surface area contributed by atoms with Crippen LogP contribution in [0.5, 0.6) is 5.75 Å². The summed E-state index contributed by atoms with van der Waals surface area (Å²) in [4.78, 5) is 10.5. The number of hydrogen-bond donors (Lipinski definition) is 2. The molecule has 122 valence electrons. The lowest BCUT2D eigenvalue weighted by Crippen LogP contribution is -1.91. The molecule has 0 radical (unpaired) electrons. The Kier molecular flexibility index (Phi) is 6.58. The molecular formula is C20H24O3. The summed E-state index contributed by atoms with van der Waals surface area (Å²) >= 11 is 0. The van der Waals surface area contributed by atoms with Gasteiger partial charge in [-0.1, -0.05) is 36.0 Å². The molecule has 0 atom stereocenters.